The summed E-state index contributed by atoms with van der Waals surface area (Å²) in [6.07, 6.45) is 4.22. The van der Waals surface area contributed by atoms with E-state index in [-0.39, 0.29) is 11.9 Å². The van der Waals surface area contributed by atoms with E-state index in [2.05, 4.69) is 22.2 Å². The average molecular weight is 389 g/mol. The highest BCUT2D eigenvalue weighted by molar-refractivity contribution is 6.31. The summed E-state index contributed by atoms with van der Waals surface area (Å²) in [7, 11) is 1.59. The summed E-state index contributed by atoms with van der Waals surface area (Å²) in [4.78, 5) is 23.8. The van der Waals surface area contributed by atoms with E-state index in [0.29, 0.717) is 33.8 Å². The van der Waals surface area contributed by atoms with Gasteiger partial charge in [0.25, 0.3) is 5.91 Å². The number of halogens is 1. The molecule has 0 aliphatic carbocycles. The van der Waals surface area contributed by atoms with Crippen LogP contribution in [0.2, 0.25) is 5.02 Å². The van der Waals surface area contributed by atoms with Crippen molar-refractivity contribution in [3.63, 3.8) is 0 Å². The summed E-state index contributed by atoms with van der Waals surface area (Å²) in [6.45, 7) is 4.69. The molecule has 2 aromatic rings. The van der Waals surface area contributed by atoms with Crippen LogP contribution in [0, 0.1) is 6.92 Å². The fourth-order valence-corrected chi connectivity index (χ4v) is 3.67. The van der Waals surface area contributed by atoms with Gasteiger partial charge in [-0.3, -0.25) is 4.79 Å². The Kier molecular flexibility index (Phi) is 6.16. The Balaban J connectivity index is 1.88. The fraction of sp³-hybridized carbons (Fsp3) is 0.450. The Morgan fingerprint density at radius 3 is 2.89 bits per heavy atom. The van der Waals surface area contributed by atoms with Gasteiger partial charge in [0.05, 0.1) is 12.8 Å². The van der Waals surface area contributed by atoms with Gasteiger partial charge in [-0.1, -0.05) is 18.5 Å². The van der Waals surface area contributed by atoms with Crippen LogP contribution in [0.15, 0.2) is 24.3 Å². The number of hydrogen-bond acceptors (Lipinski definition) is 5. The Labute approximate surface area is 164 Å². The van der Waals surface area contributed by atoms with Crippen LogP contribution in [0.4, 0.5) is 11.5 Å². The number of ether oxygens (including phenoxy) is 1. The van der Waals surface area contributed by atoms with E-state index in [1.54, 1.807) is 38.3 Å². The van der Waals surface area contributed by atoms with E-state index in [4.69, 9.17) is 16.3 Å². The molecule has 1 fully saturated rings. The average Bonchev–Trinajstić information content (AvgIpc) is 2.67. The molecule has 0 radical (unpaired) electrons. The van der Waals surface area contributed by atoms with Crippen molar-refractivity contribution in [2.75, 3.05) is 19.0 Å². The van der Waals surface area contributed by atoms with Gasteiger partial charge < -0.3 is 15.0 Å². The molecular weight excluding hydrogens is 364 g/mol. The van der Waals surface area contributed by atoms with Crippen molar-refractivity contribution in [2.24, 2.45) is 0 Å². The standard InChI is InChI=1S/C20H25ClN4O2/c1-4-15-7-5-6-10-25(15)20(26)17-12-19(23-13(2)22-17)24-16-11-14(21)8-9-18(16)27-3/h8-9,11-12,15H,4-7,10H2,1-3H3,(H,22,23,24). The molecule has 1 aliphatic rings. The SMILES string of the molecule is CCC1CCCCN1C(=O)c1cc(Nc2cc(Cl)ccc2OC)nc(C)n1. The summed E-state index contributed by atoms with van der Waals surface area (Å²) < 4.78 is 5.36. The van der Waals surface area contributed by atoms with E-state index in [0.717, 1.165) is 25.8 Å². The Hall–Kier alpha value is -2.34. The maximum absolute atomic E-state index is 13.1. The molecule has 7 heteroatoms. The molecule has 27 heavy (non-hydrogen) atoms. The van der Waals surface area contributed by atoms with Crippen LogP contribution in [-0.2, 0) is 0 Å². The van der Waals surface area contributed by atoms with Gasteiger partial charge in [-0.15, -0.1) is 0 Å². The first kappa shape index (κ1) is 19.4. The van der Waals surface area contributed by atoms with Gasteiger partial charge in [0, 0.05) is 23.7 Å². The number of piperidine rings is 1. The lowest BCUT2D eigenvalue weighted by atomic mass is 9.99. The highest BCUT2D eigenvalue weighted by Gasteiger charge is 2.27. The van der Waals surface area contributed by atoms with Crippen LogP contribution >= 0.6 is 11.6 Å². The zero-order valence-corrected chi connectivity index (χ0v) is 16.7. The summed E-state index contributed by atoms with van der Waals surface area (Å²) in [5.41, 5.74) is 1.09. The number of amides is 1. The number of hydrogen-bond donors (Lipinski definition) is 1. The van der Waals surface area contributed by atoms with Crippen molar-refractivity contribution in [1.29, 1.82) is 0 Å². The Bertz CT molecular complexity index is 828. The normalized spacial score (nSPS) is 16.9. The lowest BCUT2D eigenvalue weighted by Crippen LogP contribution is -2.43. The number of nitrogens with one attached hydrogen (secondary N) is 1. The van der Waals surface area contributed by atoms with Crippen LogP contribution in [0.5, 0.6) is 5.75 Å². The molecule has 0 bridgehead atoms. The smallest absolute Gasteiger partial charge is 0.272 e. The molecule has 0 spiro atoms. The number of aromatic nitrogens is 2. The number of carbonyl (C=O) groups is 1. The number of aryl methyl sites for hydroxylation is 1. The third-order valence-corrected chi connectivity index (χ3v) is 5.08. The lowest BCUT2D eigenvalue weighted by Gasteiger charge is -2.35. The van der Waals surface area contributed by atoms with Crippen molar-refractivity contribution in [3.05, 3.63) is 40.8 Å². The lowest BCUT2D eigenvalue weighted by molar-refractivity contribution is 0.0601. The third-order valence-electron chi connectivity index (χ3n) is 4.84. The summed E-state index contributed by atoms with van der Waals surface area (Å²) >= 11 is 6.10. The number of likely N-dealkylation sites (tertiary alicyclic amines) is 1. The number of anilines is 2. The maximum Gasteiger partial charge on any atom is 0.272 e. The first-order valence-corrected chi connectivity index (χ1v) is 9.66. The molecule has 0 saturated carbocycles. The van der Waals surface area contributed by atoms with E-state index < -0.39 is 0 Å². The van der Waals surface area contributed by atoms with Crippen molar-refractivity contribution in [3.8, 4) is 5.75 Å². The first-order valence-electron chi connectivity index (χ1n) is 9.29. The van der Waals surface area contributed by atoms with Crippen LogP contribution in [0.25, 0.3) is 0 Å². The van der Waals surface area contributed by atoms with Gasteiger partial charge >= 0.3 is 0 Å². The molecule has 1 atom stereocenters. The van der Waals surface area contributed by atoms with Crippen molar-refractivity contribution >= 4 is 29.0 Å². The molecule has 1 N–H and O–H groups in total. The van der Waals surface area contributed by atoms with E-state index in [9.17, 15) is 4.79 Å². The van der Waals surface area contributed by atoms with Gasteiger partial charge in [-0.05, 0) is 50.8 Å². The largest absolute Gasteiger partial charge is 0.495 e. The van der Waals surface area contributed by atoms with Crippen molar-refractivity contribution in [1.82, 2.24) is 14.9 Å². The Morgan fingerprint density at radius 1 is 1.33 bits per heavy atom. The number of methoxy groups -OCH3 is 1. The topological polar surface area (TPSA) is 67.4 Å². The van der Waals surface area contributed by atoms with Gasteiger partial charge in [-0.2, -0.15) is 0 Å². The fourth-order valence-electron chi connectivity index (χ4n) is 3.50. The van der Waals surface area contributed by atoms with Crippen LogP contribution in [-0.4, -0.2) is 40.5 Å². The predicted molar refractivity (Wildman–Crippen MR) is 107 cm³/mol. The van der Waals surface area contributed by atoms with Gasteiger partial charge in [0.1, 0.15) is 23.1 Å². The molecule has 2 heterocycles. The van der Waals surface area contributed by atoms with Gasteiger partial charge in [0.15, 0.2) is 0 Å². The molecule has 1 unspecified atom stereocenters. The highest BCUT2D eigenvalue weighted by atomic mass is 35.5. The summed E-state index contributed by atoms with van der Waals surface area (Å²) in [6, 6.07) is 7.27. The van der Waals surface area contributed by atoms with E-state index in [1.807, 2.05) is 4.90 Å². The van der Waals surface area contributed by atoms with Gasteiger partial charge in [-0.25, -0.2) is 9.97 Å². The molecule has 1 aromatic heterocycles. The molecule has 3 rings (SSSR count). The second-order valence-electron chi connectivity index (χ2n) is 6.71. The minimum absolute atomic E-state index is 0.0341. The molecule has 1 aliphatic heterocycles. The first-order chi connectivity index (χ1) is 13.0. The van der Waals surface area contributed by atoms with E-state index >= 15 is 0 Å². The second kappa shape index (κ2) is 8.57. The monoisotopic (exact) mass is 388 g/mol. The molecule has 1 aromatic carbocycles. The highest BCUT2D eigenvalue weighted by Crippen LogP contribution is 2.30. The van der Waals surface area contributed by atoms with Crippen LogP contribution < -0.4 is 10.1 Å². The predicted octanol–water partition coefficient (Wildman–Crippen LogP) is 4.60. The molecular formula is C20H25ClN4O2. The van der Waals surface area contributed by atoms with Crippen molar-refractivity contribution in [2.45, 2.75) is 45.6 Å². The van der Waals surface area contributed by atoms with E-state index in [1.165, 1.54) is 6.42 Å². The summed E-state index contributed by atoms with van der Waals surface area (Å²) in [5.74, 6) is 1.68. The Morgan fingerprint density at radius 2 is 2.15 bits per heavy atom. The third kappa shape index (κ3) is 4.50. The number of carbonyl (C=O) groups excluding carboxylic acids is 1. The quantitative estimate of drug-likeness (QED) is 0.810. The zero-order chi connectivity index (χ0) is 19.4. The van der Waals surface area contributed by atoms with Crippen LogP contribution in [0.3, 0.4) is 0 Å². The van der Waals surface area contributed by atoms with Crippen molar-refractivity contribution < 1.29 is 9.53 Å². The zero-order valence-electron chi connectivity index (χ0n) is 16.0. The number of benzene rings is 1. The van der Waals surface area contributed by atoms with Crippen LogP contribution in [0.1, 0.15) is 48.9 Å². The molecule has 1 saturated heterocycles. The number of nitrogens with zero attached hydrogens (tertiary/aromatic N) is 3. The molecule has 1 amide bonds. The molecule has 6 nitrogen and oxygen atoms in total. The maximum atomic E-state index is 13.1. The second-order valence-corrected chi connectivity index (χ2v) is 7.15. The summed E-state index contributed by atoms with van der Waals surface area (Å²) in [5, 5.41) is 3.78. The number of rotatable bonds is 5. The minimum atomic E-state index is -0.0341. The molecule has 144 valence electrons. The minimum Gasteiger partial charge on any atom is -0.495 e. The van der Waals surface area contributed by atoms with Gasteiger partial charge in [0.2, 0.25) is 0 Å².